The normalized spacial score (nSPS) is 27.2. The summed E-state index contributed by atoms with van der Waals surface area (Å²) in [5.74, 6) is 0. The largest absolute Gasteiger partial charge is 0.0879 e. The molecule has 0 bridgehead atoms. The lowest BCUT2D eigenvalue weighted by Crippen LogP contribution is -2.19. The fraction of sp³-hybridized carbons (Fsp3) is 0.474. The van der Waals surface area contributed by atoms with Crippen LogP contribution in [0.1, 0.15) is 39.5 Å². The van der Waals surface area contributed by atoms with Crippen molar-refractivity contribution in [3.05, 3.63) is 59.8 Å². The standard InChI is InChI=1S/C19H25P/c1-15(17-9-3-4-10-17)20(19-13-7-8-14-19)16(2)18-11-5-6-12-18/h3,5,7,9-13,15-16,19H,4,6,8,14H2,1-2H3/t15-,16-,19+/m0/s1. The van der Waals surface area contributed by atoms with E-state index in [2.05, 4.69) is 62.5 Å². The lowest BCUT2D eigenvalue weighted by atomic mass is 10.2. The molecule has 0 heterocycles. The van der Waals surface area contributed by atoms with Crippen molar-refractivity contribution in [2.45, 2.75) is 56.5 Å². The smallest absolute Gasteiger partial charge is 0.00209 e. The highest BCUT2D eigenvalue weighted by atomic mass is 31.1. The Hall–Kier alpha value is -0.870. The van der Waals surface area contributed by atoms with E-state index in [1.54, 1.807) is 11.1 Å². The van der Waals surface area contributed by atoms with Gasteiger partial charge in [0.25, 0.3) is 0 Å². The van der Waals surface area contributed by atoms with Crippen molar-refractivity contribution >= 4 is 7.92 Å². The van der Waals surface area contributed by atoms with E-state index in [9.17, 15) is 0 Å². The summed E-state index contributed by atoms with van der Waals surface area (Å²) in [4.78, 5) is 0. The molecule has 0 spiro atoms. The molecule has 0 fully saturated rings. The van der Waals surface area contributed by atoms with Gasteiger partial charge in [-0.25, -0.2) is 0 Å². The number of hydrogen-bond donors (Lipinski definition) is 0. The molecule has 3 aliphatic carbocycles. The van der Waals surface area contributed by atoms with E-state index in [4.69, 9.17) is 0 Å². The first-order valence-corrected chi connectivity index (χ1v) is 9.49. The lowest BCUT2D eigenvalue weighted by Gasteiger charge is -2.35. The zero-order valence-electron chi connectivity index (χ0n) is 12.6. The Bertz CT molecular complexity index is 468. The maximum Gasteiger partial charge on any atom is 0.00209 e. The second-order valence-electron chi connectivity index (χ2n) is 6.06. The van der Waals surface area contributed by atoms with Crippen molar-refractivity contribution in [3.8, 4) is 0 Å². The van der Waals surface area contributed by atoms with E-state index in [0.29, 0.717) is 0 Å². The zero-order chi connectivity index (χ0) is 13.9. The average molecular weight is 284 g/mol. The molecule has 0 aliphatic heterocycles. The SMILES string of the molecule is C[C@@H](C1=CCC=C1)P([C@@H]1C=CCC1)[C@@H](C)C1=CCC=C1. The summed E-state index contributed by atoms with van der Waals surface area (Å²) in [6.07, 6.45) is 24.1. The van der Waals surface area contributed by atoms with Crippen LogP contribution >= 0.6 is 7.92 Å². The fourth-order valence-electron chi connectivity index (χ4n) is 3.69. The quantitative estimate of drug-likeness (QED) is 0.446. The Morgan fingerprint density at radius 1 is 0.950 bits per heavy atom. The summed E-state index contributed by atoms with van der Waals surface area (Å²) in [6, 6.07) is 0. The minimum absolute atomic E-state index is 0.0321. The molecule has 0 amide bonds. The molecule has 106 valence electrons. The van der Waals surface area contributed by atoms with E-state index in [1.165, 1.54) is 12.8 Å². The summed E-state index contributed by atoms with van der Waals surface area (Å²) in [5.41, 5.74) is 5.44. The third-order valence-electron chi connectivity index (χ3n) is 4.83. The van der Waals surface area contributed by atoms with Crippen LogP contribution in [-0.2, 0) is 0 Å². The molecule has 0 aromatic rings. The molecule has 0 saturated carbocycles. The minimum atomic E-state index is -0.0321. The van der Waals surface area contributed by atoms with Crippen LogP contribution in [0.4, 0.5) is 0 Å². The predicted octanol–water partition coefficient (Wildman–Crippen LogP) is 5.74. The van der Waals surface area contributed by atoms with Gasteiger partial charge in [0.15, 0.2) is 0 Å². The maximum atomic E-state index is 2.51. The molecule has 1 heteroatoms. The summed E-state index contributed by atoms with van der Waals surface area (Å²) < 4.78 is 0. The Morgan fingerprint density at radius 2 is 1.55 bits per heavy atom. The zero-order valence-corrected chi connectivity index (χ0v) is 13.5. The first-order chi connectivity index (χ1) is 9.77. The Balaban J connectivity index is 1.84. The number of allylic oxidation sites excluding steroid dienone is 10. The van der Waals surface area contributed by atoms with E-state index >= 15 is 0 Å². The van der Waals surface area contributed by atoms with Crippen molar-refractivity contribution < 1.29 is 0 Å². The van der Waals surface area contributed by atoms with E-state index in [1.807, 2.05) is 0 Å². The molecule has 0 nitrogen and oxygen atoms in total. The van der Waals surface area contributed by atoms with Crippen LogP contribution in [0.5, 0.6) is 0 Å². The molecule has 0 aromatic heterocycles. The van der Waals surface area contributed by atoms with Crippen LogP contribution in [0.15, 0.2) is 59.8 Å². The number of rotatable bonds is 5. The Labute approximate surface area is 124 Å². The first kappa shape index (κ1) is 14.1. The van der Waals surface area contributed by atoms with Gasteiger partial charge in [-0.2, -0.15) is 0 Å². The Morgan fingerprint density at radius 3 is 1.95 bits per heavy atom. The summed E-state index contributed by atoms with van der Waals surface area (Å²) in [7, 11) is -0.0321. The summed E-state index contributed by atoms with van der Waals surface area (Å²) in [6.45, 7) is 4.93. The van der Waals surface area contributed by atoms with Crippen LogP contribution < -0.4 is 0 Å². The van der Waals surface area contributed by atoms with Gasteiger partial charge in [-0.1, -0.05) is 70.4 Å². The monoisotopic (exact) mass is 284 g/mol. The van der Waals surface area contributed by atoms with Crippen LogP contribution in [0.25, 0.3) is 0 Å². The van der Waals surface area contributed by atoms with Gasteiger partial charge < -0.3 is 0 Å². The van der Waals surface area contributed by atoms with Gasteiger partial charge in [0, 0.05) is 11.3 Å². The van der Waals surface area contributed by atoms with Crippen LogP contribution in [-0.4, -0.2) is 17.0 Å². The van der Waals surface area contributed by atoms with Crippen molar-refractivity contribution in [1.29, 1.82) is 0 Å². The molecular weight excluding hydrogens is 259 g/mol. The Kier molecular flexibility index (Phi) is 4.41. The van der Waals surface area contributed by atoms with Crippen molar-refractivity contribution in [2.75, 3.05) is 0 Å². The summed E-state index contributed by atoms with van der Waals surface area (Å²) in [5, 5.41) is 0. The topological polar surface area (TPSA) is 0 Å². The van der Waals surface area contributed by atoms with Gasteiger partial charge in [0.2, 0.25) is 0 Å². The molecule has 0 radical (unpaired) electrons. The first-order valence-electron chi connectivity index (χ1n) is 7.94. The molecular formula is C19H25P. The molecule has 0 aromatic carbocycles. The second kappa shape index (κ2) is 6.27. The second-order valence-corrected chi connectivity index (χ2v) is 9.16. The third kappa shape index (κ3) is 2.77. The van der Waals surface area contributed by atoms with Gasteiger partial charge in [-0.15, -0.1) is 0 Å². The third-order valence-corrected chi connectivity index (χ3v) is 8.41. The van der Waals surface area contributed by atoms with E-state index in [-0.39, 0.29) is 7.92 Å². The van der Waals surface area contributed by atoms with E-state index < -0.39 is 0 Å². The van der Waals surface area contributed by atoms with Crippen LogP contribution in [0, 0.1) is 0 Å². The highest BCUT2D eigenvalue weighted by Crippen LogP contribution is 2.58. The van der Waals surface area contributed by atoms with Gasteiger partial charge in [-0.05, 0) is 42.5 Å². The molecule has 3 rings (SSSR count). The summed E-state index contributed by atoms with van der Waals surface area (Å²) >= 11 is 0. The van der Waals surface area contributed by atoms with Crippen molar-refractivity contribution in [3.63, 3.8) is 0 Å². The van der Waals surface area contributed by atoms with Crippen LogP contribution in [0.2, 0.25) is 0 Å². The minimum Gasteiger partial charge on any atom is -0.0879 e. The molecule has 3 atom stereocenters. The predicted molar refractivity (Wildman–Crippen MR) is 91.7 cm³/mol. The molecule has 3 aliphatic rings. The molecule has 0 unspecified atom stereocenters. The van der Waals surface area contributed by atoms with Gasteiger partial charge in [0.05, 0.1) is 0 Å². The highest BCUT2D eigenvalue weighted by molar-refractivity contribution is 7.60. The van der Waals surface area contributed by atoms with Gasteiger partial charge >= 0.3 is 0 Å². The maximum absolute atomic E-state index is 2.51. The fourth-order valence-corrected chi connectivity index (χ4v) is 7.35. The van der Waals surface area contributed by atoms with Crippen molar-refractivity contribution in [1.82, 2.24) is 0 Å². The highest BCUT2D eigenvalue weighted by Gasteiger charge is 2.33. The van der Waals surface area contributed by atoms with Crippen LogP contribution in [0.3, 0.4) is 0 Å². The van der Waals surface area contributed by atoms with Gasteiger partial charge in [0.1, 0.15) is 0 Å². The average Bonchev–Trinajstić information content (AvgIpc) is 3.20. The van der Waals surface area contributed by atoms with Gasteiger partial charge in [-0.3, -0.25) is 0 Å². The van der Waals surface area contributed by atoms with Crippen molar-refractivity contribution in [2.24, 2.45) is 0 Å². The van der Waals surface area contributed by atoms with E-state index in [0.717, 1.165) is 29.8 Å². The molecule has 0 saturated heterocycles. The molecule has 0 N–H and O–H groups in total. The lowest BCUT2D eigenvalue weighted by molar-refractivity contribution is 0.905. The number of hydrogen-bond acceptors (Lipinski definition) is 0. The molecule has 20 heavy (non-hydrogen) atoms.